The molecule has 272 valence electrons. The molecule has 5 aromatic carbocycles. The minimum absolute atomic E-state index is 0.0545. The number of hydrogen-bond donors (Lipinski definition) is 3. The van der Waals surface area contributed by atoms with Gasteiger partial charge in [0, 0.05) is 35.3 Å². The van der Waals surface area contributed by atoms with E-state index in [-0.39, 0.29) is 27.3 Å². The van der Waals surface area contributed by atoms with Crippen LogP contribution in [-0.2, 0) is 15.4 Å². The lowest BCUT2D eigenvalue weighted by Crippen LogP contribution is -2.35. The lowest BCUT2D eigenvalue weighted by Gasteiger charge is -2.33. The van der Waals surface area contributed by atoms with Crippen LogP contribution in [0, 0.1) is 5.41 Å². The Kier molecular flexibility index (Phi) is 8.34. The number of anilines is 3. The fraction of sp³-hybridized carbons (Fsp3) is 0.205. The standard InChI is InChI=1S/C44H41N5O4S/c1-43(2,3)25-44(4,5)26-20-22-28(23-21-26)53-33-24-32(46-27-14-8-7-9-15-27)36-37-35(29-16-10-11-17-30(29)40(36)50)38(41(45-6)48-39(33)37)42-47-31-18-12-13-19-34(31)54(51,52)49-42/h7-24,46H,25H2,1-6H3,(H,45,48)(H,47,49). The Hall–Kier alpha value is -6.00. The Labute approximate surface area is 315 Å². The van der Waals surface area contributed by atoms with Crippen molar-refractivity contribution >= 4 is 55.4 Å². The molecule has 54 heavy (non-hydrogen) atoms. The van der Waals surface area contributed by atoms with E-state index in [0.29, 0.717) is 67.4 Å². The lowest BCUT2D eigenvalue weighted by atomic mass is 9.72. The van der Waals surface area contributed by atoms with Crippen LogP contribution in [0.3, 0.4) is 0 Å². The summed E-state index contributed by atoms with van der Waals surface area (Å²) in [5.41, 5.74) is 5.86. The summed E-state index contributed by atoms with van der Waals surface area (Å²) in [5.74, 6) is 1.28. The van der Waals surface area contributed by atoms with Gasteiger partial charge in [0.1, 0.15) is 22.0 Å². The monoisotopic (exact) mass is 735 g/mol. The van der Waals surface area contributed by atoms with E-state index in [2.05, 4.69) is 62.1 Å². The Balaban J connectivity index is 1.40. The molecule has 8 rings (SSSR count). The van der Waals surface area contributed by atoms with Gasteiger partial charge >= 0.3 is 0 Å². The lowest BCUT2D eigenvalue weighted by molar-refractivity contribution is 0.104. The highest BCUT2D eigenvalue weighted by atomic mass is 32.2. The second kappa shape index (κ2) is 12.8. The van der Waals surface area contributed by atoms with Crippen LogP contribution < -0.4 is 20.1 Å². The summed E-state index contributed by atoms with van der Waals surface area (Å²) in [6.45, 7) is 11.3. The summed E-state index contributed by atoms with van der Waals surface area (Å²) in [5, 5.41) is 7.21. The van der Waals surface area contributed by atoms with Crippen molar-refractivity contribution in [2.75, 3.05) is 17.7 Å². The van der Waals surface area contributed by atoms with Gasteiger partial charge in [0.2, 0.25) is 0 Å². The van der Waals surface area contributed by atoms with E-state index in [4.69, 9.17) is 14.7 Å². The zero-order chi connectivity index (χ0) is 38.0. The maximum atomic E-state index is 14.6. The first-order chi connectivity index (χ1) is 25.7. The van der Waals surface area contributed by atoms with Gasteiger partial charge in [0.05, 0.1) is 22.5 Å². The minimum atomic E-state index is -3.99. The van der Waals surface area contributed by atoms with Gasteiger partial charge in [-0.25, -0.2) is 18.4 Å². The van der Waals surface area contributed by atoms with E-state index in [1.165, 1.54) is 11.6 Å². The van der Waals surface area contributed by atoms with E-state index in [1.807, 2.05) is 66.7 Å². The van der Waals surface area contributed by atoms with Crippen molar-refractivity contribution in [1.29, 1.82) is 0 Å². The molecule has 1 aromatic heterocycles. The van der Waals surface area contributed by atoms with Crippen LogP contribution in [0.2, 0.25) is 0 Å². The van der Waals surface area contributed by atoms with Crippen LogP contribution in [0.1, 0.15) is 68.1 Å². The third-order valence-corrected chi connectivity index (χ3v) is 11.3. The van der Waals surface area contributed by atoms with Crippen LogP contribution in [0.15, 0.2) is 119 Å². The van der Waals surface area contributed by atoms with Crippen LogP contribution in [0.4, 0.5) is 22.9 Å². The molecule has 0 fully saturated rings. The largest absolute Gasteiger partial charge is 0.455 e. The molecule has 2 heterocycles. The highest BCUT2D eigenvalue weighted by Crippen LogP contribution is 2.50. The number of carbonyl (C=O) groups excluding carboxylic acids is 1. The number of nitrogens with one attached hydrogen (secondary N) is 3. The van der Waals surface area contributed by atoms with Gasteiger partial charge in [0.25, 0.3) is 10.0 Å². The summed E-state index contributed by atoms with van der Waals surface area (Å²) in [7, 11) is -2.26. The Morgan fingerprint density at radius 1 is 0.778 bits per heavy atom. The smallest absolute Gasteiger partial charge is 0.265 e. The molecular weight excluding hydrogens is 695 g/mol. The van der Waals surface area contributed by atoms with Gasteiger partial charge in [0.15, 0.2) is 17.4 Å². The fourth-order valence-corrected chi connectivity index (χ4v) is 9.11. The molecule has 0 spiro atoms. The summed E-state index contributed by atoms with van der Waals surface area (Å²) < 4.78 is 36.7. The third kappa shape index (κ3) is 6.16. The molecule has 0 radical (unpaired) electrons. The maximum absolute atomic E-state index is 14.6. The van der Waals surface area contributed by atoms with E-state index in [1.54, 1.807) is 31.3 Å². The van der Waals surface area contributed by atoms with E-state index >= 15 is 0 Å². The van der Waals surface area contributed by atoms with Crippen molar-refractivity contribution in [3.63, 3.8) is 0 Å². The second-order valence-corrected chi connectivity index (χ2v) is 17.3. The first-order valence-electron chi connectivity index (χ1n) is 17.9. The predicted molar refractivity (Wildman–Crippen MR) is 216 cm³/mol. The van der Waals surface area contributed by atoms with Crippen molar-refractivity contribution in [2.24, 2.45) is 10.4 Å². The number of hydrogen-bond acceptors (Lipinski definition) is 8. The van der Waals surface area contributed by atoms with Crippen molar-refractivity contribution in [3.8, 4) is 22.6 Å². The average Bonchev–Trinajstić information content (AvgIpc) is 3.13. The van der Waals surface area contributed by atoms with Gasteiger partial charge in [-0.2, -0.15) is 0 Å². The molecule has 0 bridgehead atoms. The van der Waals surface area contributed by atoms with Gasteiger partial charge in [-0.15, -0.1) is 0 Å². The molecule has 2 aliphatic rings. The number of nitrogens with zero attached hydrogens (tertiary/aromatic N) is 2. The van der Waals surface area contributed by atoms with Gasteiger partial charge < -0.3 is 15.4 Å². The Bertz CT molecular complexity index is 2630. The molecule has 9 nitrogen and oxygen atoms in total. The highest BCUT2D eigenvalue weighted by Gasteiger charge is 2.37. The van der Waals surface area contributed by atoms with Crippen molar-refractivity contribution in [2.45, 2.75) is 51.3 Å². The molecule has 1 aliphatic heterocycles. The van der Waals surface area contributed by atoms with E-state index < -0.39 is 10.0 Å². The normalized spacial score (nSPS) is 14.4. The Morgan fingerprint density at radius 2 is 1.44 bits per heavy atom. The highest BCUT2D eigenvalue weighted by molar-refractivity contribution is 7.90. The van der Waals surface area contributed by atoms with Crippen LogP contribution in [-0.4, -0.2) is 32.1 Å². The molecule has 10 heteroatoms. The maximum Gasteiger partial charge on any atom is 0.265 e. The number of pyridine rings is 1. The van der Waals surface area contributed by atoms with Crippen molar-refractivity contribution in [3.05, 3.63) is 131 Å². The summed E-state index contributed by atoms with van der Waals surface area (Å²) >= 11 is 0. The first-order valence-corrected chi connectivity index (χ1v) is 19.4. The van der Waals surface area contributed by atoms with Gasteiger partial charge in [-0.3, -0.25) is 9.52 Å². The molecule has 0 saturated carbocycles. The zero-order valence-corrected chi connectivity index (χ0v) is 31.9. The predicted octanol–water partition coefficient (Wildman–Crippen LogP) is 10.1. The number of fused-ring (bicyclic) bond motifs is 3. The first kappa shape index (κ1) is 35.1. The number of rotatable bonds is 8. The molecule has 1 aliphatic carbocycles. The number of aromatic nitrogens is 1. The van der Waals surface area contributed by atoms with Crippen LogP contribution >= 0.6 is 0 Å². The molecule has 0 atom stereocenters. The van der Waals surface area contributed by atoms with Crippen LogP contribution in [0.25, 0.3) is 22.0 Å². The number of sulfonamides is 1. The topological polar surface area (TPSA) is 122 Å². The number of carbonyl (C=O) groups is 1. The molecule has 3 N–H and O–H groups in total. The number of ether oxygens (including phenoxy) is 1. The average molecular weight is 736 g/mol. The minimum Gasteiger partial charge on any atom is -0.455 e. The summed E-state index contributed by atoms with van der Waals surface area (Å²) in [6.07, 6.45) is 1.01. The van der Waals surface area contributed by atoms with Crippen LogP contribution in [0.5, 0.6) is 11.5 Å². The summed E-state index contributed by atoms with van der Waals surface area (Å²) in [4.78, 5) is 24.6. The summed E-state index contributed by atoms with van der Waals surface area (Å²) in [6, 6.07) is 33.5. The SMILES string of the molecule is CNc1nc2c(Oc3ccc(C(C)(C)CC(C)(C)C)cc3)cc(Nc3ccccc3)c3c2c(c1C1=Nc2ccccc2S(=O)(=O)N1)-c1ccccc1C3=O. The van der Waals surface area contributed by atoms with Crippen molar-refractivity contribution in [1.82, 2.24) is 9.71 Å². The number of amidine groups is 1. The molecule has 0 saturated heterocycles. The molecule has 0 amide bonds. The Morgan fingerprint density at radius 3 is 2.15 bits per heavy atom. The number of ketones is 1. The number of benzene rings is 5. The second-order valence-electron chi connectivity index (χ2n) is 15.6. The van der Waals surface area contributed by atoms with Gasteiger partial charge in [-0.1, -0.05) is 101 Å². The quantitative estimate of drug-likeness (QED) is 0.142. The molecule has 6 aromatic rings. The van der Waals surface area contributed by atoms with E-state index in [9.17, 15) is 13.2 Å². The zero-order valence-electron chi connectivity index (χ0n) is 31.0. The molecular formula is C44H41N5O4S. The van der Waals surface area contributed by atoms with E-state index in [0.717, 1.165) is 12.1 Å². The molecule has 0 unspecified atom stereocenters. The van der Waals surface area contributed by atoms with Gasteiger partial charge in [-0.05, 0) is 64.8 Å². The number of aliphatic imine (C=N–C) groups is 1. The number of para-hydroxylation sites is 2. The third-order valence-electron chi connectivity index (χ3n) is 9.87. The van der Waals surface area contributed by atoms with Crippen molar-refractivity contribution < 1.29 is 17.9 Å². The fourth-order valence-electron chi connectivity index (χ4n) is 7.96.